The molecule has 0 radical (unpaired) electrons. The number of rotatable bonds is 8. The number of nitrogens with one attached hydrogen (secondary N) is 1. The van der Waals surface area contributed by atoms with E-state index in [1.165, 1.54) is 0 Å². The third-order valence-corrected chi connectivity index (χ3v) is 3.97. The maximum atomic E-state index is 5.93. The average molecular weight is 464 g/mol. The van der Waals surface area contributed by atoms with Crippen LogP contribution in [0.3, 0.4) is 0 Å². The summed E-state index contributed by atoms with van der Waals surface area (Å²) in [5.41, 5.74) is 6.90. The Balaban J connectivity index is 0.00000312. The number of benzene rings is 1. The van der Waals surface area contributed by atoms with Crippen molar-refractivity contribution in [2.24, 2.45) is 10.7 Å². The molecule has 1 aromatic rings. The Bertz CT molecular complexity index is 537. The molecule has 1 fully saturated rings. The van der Waals surface area contributed by atoms with Gasteiger partial charge in [-0.1, -0.05) is 0 Å². The molecule has 0 spiro atoms. The first-order valence-corrected chi connectivity index (χ1v) is 8.27. The molecule has 0 amide bonds. The Morgan fingerprint density at radius 1 is 1.28 bits per heavy atom. The number of guanidine groups is 1. The van der Waals surface area contributed by atoms with Gasteiger partial charge in [0.1, 0.15) is 11.5 Å². The van der Waals surface area contributed by atoms with Crippen molar-refractivity contribution in [2.45, 2.75) is 13.0 Å². The topological polar surface area (TPSA) is 81.3 Å². The number of nitrogens with two attached hydrogens (primary N) is 1. The molecule has 0 bridgehead atoms. The van der Waals surface area contributed by atoms with Crippen LogP contribution in [0.25, 0.3) is 0 Å². The summed E-state index contributed by atoms with van der Waals surface area (Å²) in [6.07, 6.45) is 1.03. The first-order chi connectivity index (χ1) is 11.7. The predicted molar refractivity (Wildman–Crippen MR) is 110 cm³/mol. The zero-order valence-electron chi connectivity index (χ0n) is 15.0. The third kappa shape index (κ3) is 7.66. The maximum Gasteiger partial charge on any atom is 0.188 e. The second kappa shape index (κ2) is 12.2. The zero-order chi connectivity index (χ0) is 17.2. The second-order valence-electron chi connectivity index (χ2n) is 5.61. The van der Waals surface area contributed by atoms with E-state index in [1.54, 1.807) is 14.2 Å². The van der Waals surface area contributed by atoms with E-state index in [0.717, 1.165) is 62.9 Å². The van der Waals surface area contributed by atoms with Crippen molar-refractivity contribution in [1.29, 1.82) is 0 Å². The van der Waals surface area contributed by atoms with Crippen LogP contribution in [0, 0.1) is 0 Å². The highest BCUT2D eigenvalue weighted by Crippen LogP contribution is 2.24. The molecule has 2 rings (SSSR count). The molecule has 8 heteroatoms. The van der Waals surface area contributed by atoms with Crippen molar-refractivity contribution in [2.75, 3.05) is 53.6 Å². The van der Waals surface area contributed by atoms with Crippen molar-refractivity contribution in [3.63, 3.8) is 0 Å². The van der Waals surface area contributed by atoms with Crippen LogP contribution < -0.4 is 20.5 Å². The first-order valence-electron chi connectivity index (χ1n) is 8.27. The quantitative estimate of drug-likeness (QED) is 0.263. The molecule has 1 heterocycles. The normalized spacial score (nSPS) is 15.4. The fourth-order valence-corrected chi connectivity index (χ4v) is 2.55. The summed E-state index contributed by atoms with van der Waals surface area (Å²) in [5, 5.41) is 3.16. The van der Waals surface area contributed by atoms with Gasteiger partial charge in [-0.3, -0.25) is 4.90 Å². The van der Waals surface area contributed by atoms with E-state index in [-0.39, 0.29) is 24.0 Å². The minimum Gasteiger partial charge on any atom is -0.497 e. The lowest BCUT2D eigenvalue weighted by atomic mass is 10.2. The van der Waals surface area contributed by atoms with Gasteiger partial charge >= 0.3 is 0 Å². The lowest BCUT2D eigenvalue weighted by Gasteiger charge is -2.26. The van der Waals surface area contributed by atoms with Crippen molar-refractivity contribution in [3.8, 4) is 11.5 Å². The van der Waals surface area contributed by atoms with Gasteiger partial charge in [0.15, 0.2) is 5.96 Å². The first kappa shape index (κ1) is 21.8. The number of aliphatic imine (C=N–C) groups is 1. The molecular weight excluding hydrogens is 435 g/mol. The number of hydrogen-bond donors (Lipinski definition) is 2. The van der Waals surface area contributed by atoms with E-state index in [2.05, 4.69) is 15.2 Å². The van der Waals surface area contributed by atoms with Gasteiger partial charge in [0, 0.05) is 31.3 Å². The van der Waals surface area contributed by atoms with Gasteiger partial charge in [-0.2, -0.15) is 0 Å². The molecular formula is C17H29IN4O3. The number of morpholine rings is 1. The second-order valence-corrected chi connectivity index (χ2v) is 5.61. The number of halogens is 1. The molecule has 1 saturated heterocycles. The minimum absolute atomic E-state index is 0. The number of nitrogens with zero attached hydrogens (tertiary/aromatic N) is 2. The van der Waals surface area contributed by atoms with Crippen molar-refractivity contribution in [3.05, 3.63) is 23.8 Å². The highest BCUT2D eigenvalue weighted by atomic mass is 127. The maximum absolute atomic E-state index is 5.93. The molecule has 1 aromatic carbocycles. The molecule has 142 valence electrons. The molecule has 25 heavy (non-hydrogen) atoms. The average Bonchev–Trinajstić information content (AvgIpc) is 2.64. The van der Waals surface area contributed by atoms with E-state index in [4.69, 9.17) is 19.9 Å². The zero-order valence-corrected chi connectivity index (χ0v) is 17.3. The Kier molecular flexibility index (Phi) is 10.6. The van der Waals surface area contributed by atoms with E-state index in [9.17, 15) is 0 Å². The van der Waals surface area contributed by atoms with Crippen LogP contribution in [-0.4, -0.2) is 64.5 Å². The summed E-state index contributed by atoms with van der Waals surface area (Å²) in [6.45, 7) is 6.03. The molecule has 0 saturated carbocycles. The lowest BCUT2D eigenvalue weighted by molar-refractivity contribution is 0.0376. The molecule has 1 aliphatic rings. The highest BCUT2D eigenvalue weighted by molar-refractivity contribution is 14.0. The van der Waals surface area contributed by atoms with Gasteiger partial charge in [-0.25, -0.2) is 4.99 Å². The number of hydrogen-bond acceptors (Lipinski definition) is 5. The lowest BCUT2D eigenvalue weighted by Crippen LogP contribution is -2.39. The molecule has 0 aromatic heterocycles. The summed E-state index contributed by atoms with van der Waals surface area (Å²) in [4.78, 5) is 6.78. The van der Waals surface area contributed by atoms with Gasteiger partial charge in [0.25, 0.3) is 0 Å². The van der Waals surface area contributed by atoms with Gasteiger partial charge < -0.3 is 25.3 Å². The van der Waals surface area contributed by atoms with E-state index < -0.39 is 0 Å². The molecule has 7 nitrogen and oxygen atoms in total. The van der Waals surface area contributed by atoms with Crippen LogP contribution in [0.5, 0.6) is 11.5 Å². The van der Waals surface area contributed by atoms with E-state index in [1.807, 2.05) is 18.2 Å². The van der Waals surface area contributed by atoms with Crippen LogP contribution in [0.2, 0.25) is 0 Å². The van der Waals surface area contributed by atoms with Crippen LogP contribution in [0.1, 0.15) is 12.0 Å². The van der Waals surface area contributed by atoms with Crippen LogP contribution in [-0.2, 0) is 11.3 Å². The number of methoxy groups -OCH3 is 2. The Morgan fingerprint density at radius 2 is 2.04 bits per heavy atom. The van der Waals surface area contributed by atoms with E-state index in [0.29, 0.717) is 12.5 Å². The Labute approximate surface area is 166 Å². The molecule has 0 atom stereocenters. The summed E-state index contributed by atoms with van der Waals surface area (Å²) in [5.74, 6) is 1.96. The molecule has 3 N–H and O–H groups in total. The van der Waals surface area contributed by atoms with Crippen molar-refractivity contribution >= 4 is 29.9 Å². The number of ether oxygens (including phenoxy) is 3. The monoisotopic (exact) mass is 464 g/mol. The molecule has 0 aliphatic carbocycles. The fourth-order valence-electron chi connectivity index (χ4n) is 2.55. The molecule has 1 aliphatic heterocycles. The van der Waals surface area contributed by atoms with Crippen molar-refractivity contribution < 1.29 is 14.2 Å². The van der Waals surface area contributed by atoms with Gasteiger partial charge in [-0.15, -0.1) is 24.0 Å². The SMILES string of the molecule is COc1ccc(CN=C(N)NCCCN2CCOCC2)c(OC)c1.I. The standard InChI is InChI=1S/C17H28N4O3.HI/c1-22-15-5-4-14(16(12-15)23-2)13-20-17(18)19-6-3-7-21-8-10-24-11-9-21;/h4-5,12H,3,6-11,13H2,1-2H3,(H3,18,19,20);1H. The van der Waals surface area contributed by atoms with Gasteiger partial charge in [0.05, 0.1) is 34.0 Å². The third-order valence-electron chi connectivity index (χ3n) is 3.97. The Morgan fingerprint density at radius 3 is 2.72 bits per heavy atom. The highest BCUT2D eigenvalue weighted by Gasteiger charge is 2.09. The summed E-state index contributed by atoms with van der Waals surface area (Å²) in [6, 6.07) is 5.67. The smallest absolute Gasteiger partial charge is 0.188 e. The predicted octanol–water partition coefficient (Wildman–Crippen LogP) is 1.45. The van der Waals surface area contributed by atoms with Crippen LogP contribution in [0.15, 0.2) is 23.2 Å². The Hall–Kier alpha value is -1.26. The summed E-state index contributed by atoms with van der Waals surface area (Å²) >= 11 is 0. The minimum atomic E-state index is 0. The summed E-state index contributed by atoms with van der Waals surface area (Å²) < 4.78 is 15.9. The van der Waals surface area contributed by atoms with Gasteiger partial charge in [0.2, 0.25) is 0 Å². The van der Waals surface area contributed by atoms with Crippen LogP contribution in [0.4, 0.5) is 0 Å². The van der Waals surface area contributed by atoms with E-state index >= 15 is 0 Å². The van der Waals surface area contributed by atoms with Gasteiger partial charge in [-0.05, 0) is 25.1 Å². The molecule has 0 unspecified atom stereocenters. The van der Waals surface area contributed by atoms with Crippen LogP contribution >= 0.6 is 24.0 Å². The van der Waals surface area contributed by atoms with Crippen molar-refractivity contribution in [1.82, 2.24) is 10.2 Å². The largest absolute Gasteiger partial charge is 0.497 e. The summed E-state index contributed by atoms with van der Waals surface area (Å²) in [7, 11) is 3.26. The fraction of sp³-hybridized carbons (Fsp3) is 0.588.